The molecule has 0 fully saturated rings. The Bertz CT molecular complexity index is 873. The van der Waals surface area contributed by atoms with Gasteiger partial charge in [0.25, 0.3) is 5.91 Å². The molecule has 0 saturated heterocycles. The van der Waals surface area contributed by atoms with Crippen molar-refractivity contribution in [1.82, 2.24) is 14.6 Å². The quantitative estimate of drug-likeness (QED) is 0.868. The summed E-state index contributed by atoms with van der Waals surface area (Å²) in [5.41, 5.74) is 1.21. The van der Waals surface area contributed by atoms with E-state index in [4.69, 9.17) is 4.74 Å². The summed E-state index contributed by atoms with van der Waals surface area (Å²) >= 11 is 0. The number of aryl methyl sites for hydroxylation is 1. The van der Waals surface area contributed by atoms with Crippen LogP contribution in [0.15, 0.2) is 41.4 Å². The van der Waals surface area contributed by atoms with E-state index in [2.05, 4.69) is 10.0 Å². The van der Waals surface area contributed by atoms with Crippen LogP contribution in [0.5, 0.6) is 5.75 Å². The molecule has 3 rings (SSSR count). The molecule has 2 N–H and O–H groups in total. The molecule has 1 aromatic heterocycles. The molecule has 0 spiro atoms. The number of para-hydroxylation sites is 1. The summed E-state index contributed by atoms with van der Waals surface area (Å²) in [6, 6.07) is 8.77. The number of nitrogens with zero attached hydrogens (tertiary/aromatic N) is 1. The fourth-order valence-electron chi connectivity index (χ4n) is 2.75. The number of aromatic nitrogens is 1. The van der Waals surface area contributed by atoms with E-state index in [1.54, 1.807) is 7.05 Å². The first-order chi connectivity index (χ1) is 11.4. The molecule has 1 atom stereocenters. The van der Waals surface area contributed by atoms with Crippen molar-refractivity contribution in [3.05, 3.63) is 47.8 Å². The van der Waals surface area contributed by atoms with Crippen molar-refractivity contribution < 1.29 is 17.9 Å². The molecule has 24 heavy (non-hydrogen) atoms. The Morgan fingerprint density at radius 1 is 1.33 bits per heavy atom. The number of benzene rings is 1. The summed E-state index contributed by atoms with van der Waals surface area (Å²) in [4.78, 5) is 12.6. The second-order valence-corrected chi connectivity index (χ2v) is 7.47. The highest BCUT2D eigenvalue weighted by Gasteiger charge is 2.25. The van der Waals surface area contributed by atoms with Crippen LogP contribution in [0.1, 0.15) is 28.5 Å². The Morgan fingerprint density at radius 3 is 2.83 bits per heavy atom. The normalized spacial score (nSPS) is 17.0. The number of hydrogen-bond donors (Lipinski definition) is 2. The predicted octanol–water partition coefficient (Wildman–Crippen LogP) is 1.19. The van der Waals surface area contributed by atoms with E-state index in [1.165, 1.54) is 23.9 Å². The number of amides is 1. The fraction of sp³-hybridized carbons (Fsp3) is 0.312. The van der Waals surface area contributed by atoms with Crippen LogP contribution in [0.4, 0.5) is 0 Å². The zero-order valence-electron chi connectivity index (χ0n) is 13.4. The molecule has 7 nitrogen and oxygen atoms in total. The van der Waals surface area contributed by atoms with Crippen molar-refractivity contribution in [2.45, 2.75) is 17.4 Å². The molecular weight excluding hydrogens is 330 g/mol. The minimum absolute atomic E-state index is 0.0602. The third-order valence-electron chi connectivity index (χ3n) is 4.06. The van der Waals surface area contributed by atoms with E-state index in [-0.39, 0.29) is 22.5 Å². The van der Waals surface area contributed by atoms with Gasteiger partial charge in [0.2, 0.25) is 10.0 Å². The summed E-state index contributed by atoms with van der Waals surface area (Å²) in [6.07, 6.45) is 2.08. The van der Waals surface area contributed by atoms with Crippen LogP contribution in [-0.2, 0) is 17.1 Å². The molecule has 1 aliphatic heterocycles. The number of fused-ring (bicyclic) bond motifs is 1. The van der Waals surface area contributed by atoms with Gasteiger partial charge in [-0.2, -0.15) is 0 Å². The summed E-state index contributed by atoms with van der Waals surface area (Å²) in [7, 11) is -0.611. The van der Waals surface area contributed by atoms with Crippen LogP contribution < -0.4 is 14.8 Å². The van der Waals surface area contributed by atoms with E-state index in [1.807, 2.05) is 24.3 Å². The third kappa shape index (κ3) is 3.02. The van der Waals surface area contributed by atoms with Crippen LogP contribution in [0.25, 0.3) is 0 Å². The smallest absolute Gasteiger partial charge is 0.268 e. The van der Waals surface area contributed by atoms with E-state index in [9.17, 15) is 13.2 Å². The second-order valence-electron chi connectivity index (χ2n) is 5.58. The first-order valence-electron chi connectivity index (χ1n) is 7.55. The van der Waals surface area contributed by atoms with Crippen molar-refractivity contribution in [1.29, 1.82) is 0 Å². The Morgan fingerprint density at radius 2 is 2.08 bits per heavy atom. The number of carbonyl (C=O) groups is 1. The first-order valence-corrected chi connectivity index (χ1v) is 9.03. The minimum Gasteiger partial charge on any atom is -0.493 e. The monoisotopic (exact) mass is 349 g/mol. The van der Waals surface area contributed by atoms with Gasteiger partial charge in [-0.3, -0.25) is 4.79 Å². The molecule has 0 bridgehead atoms. The van der Waals surface area contributed by atoms with E-state index >= 15 is 0 Å². The molecule has 0 aliphatic carbocycles. The lowest BCUT2D eigenvalue weighted by atomic mass is 10.0. The average molecular weight is 349 g/mol. The molecule has 1 amide bonds. The molecule has 2 aromatic rings. The Kier molecular flexibility index (Phi) is 4.33. The highest BCUT2D eigenvalue weighted by Crippen LogP contribution is 2.31. The summed E-state index contributed by atoms with van der Waals surface area (Å²) in [5, 5.41) is 2.96. The van der Waals surface area contributed by atoms with Crippen molar-refractivity contribution in [3.63, 3.8) is 0 Å². The van der Waals surface area contributed by atoms with Crippen LogP contribution >= 0.6 is 0 Å². The number of sulfonamides is 1. The van der Waals surface area contributed by atoms with Gasteiger partial charge < -0.3 is 14.6 Å². The maximum absolute atomic E-state index is 12.6. The Balaban J connectivity index is 1.84. The number of rotatable bonds is 4. The largest absolute Gasteiger partial charge is 0.493 e. The van der Waals surface area contributed by atoms with Crippen molar-refractivity contribution in [2.75, 3.05) is 13.7 Å². The van der Waals surface area contributed by atoms with Gasteiger partial charge in [0.15, 0.2) is 0 Å². The number of ether oxygens (including phenoxy) is 1. The van der Waals surface area contributed by atoms with Gasteiger partial charge in [-0.25, -0.2) is 13.1 Å². The molecule has 1 aliphatic rings. The SMILES string of the molecule is CNS(=O)(=O)c1cc(C(=O)N[C@H]2CCOc3ccccc32)n(C)c1. The topological polar surface area (TPSA) is 89.4 Å². The lowest BCUT2D eigenvalue weighted by Gasteiger charge is -2.26. The molecule has 0 unspecified atom stereocenters. The number of hydrogen-bond acceptors (Lipinski definition) is 4. The third-order valence-corrected chi connectivity index (χ3v) is 5.44. The first kappa shape index (κ1) is 16.5. The van der Waals surface area contributed by atoms with Crippen LogP contribution in [0.2, 0.25) is 0 Å². The maximum Gasteiger partial charge on any atom is 0.268 e. The van der Waals surface area contributed by atoms with Gasteiger partial charge in [0.05, 0.1) is 12.6 Å². The molecule has 8 heteroatoms. The zero-order valence-corrected chi connectivity index (χ0v) is 14.3. The number of nitrogens with one attached hydrogen (secondary N) is 2. The fourth-order valence-corrected chi connectivity index (χ4v) is 3.55. The summed E-state index contributed by atoms with van der Waals surface area (Å²) in [6.45, 7) is 0.522. The van der Waals surface area contributed by atoms with Crippen LogP contribution in [-0.4, -0.2) is 32.5 Å². The number of carbonyl (C=O) groups excluding carboxylic acids is 1. The minimum atomic E-state index is -3.59. The lowest BCUT2D eigenvalue weighted by molar-refractivity contribution is 0.0916. The van der Waals surface area contributed by atoms with Gasteiger partial charge in [-0.05, 0) is 19.2 Å². The highest BCUT2D eigenvalue weighted by atomic mass is 32.2. The van der Waals surface area contributed by atoms with Gasteiger partial charge in [0.1, 0.15) is 16.3 Å². The lowest BCUT2D eigenvalue weighted by Crippen LogP contribution is -2.33. The molecule has 0 saturated carbocycles. The van der Waals surface area contributed by atoms with E-state index in [0.717, 1.165) is 11.3 Å². The van der Waals surface area contributed by atoms with Gasteiger partial charge in [-0.15, -0.1) is 0 Å². The molecular formula is C16H19N3O4S. The van der Waals surface area contributed by atoms with Crippen LogP contribution in [0.3, 0.4) is 0 Å². The molecule has 1 aromatic carbocycles. The molecule has 128 valence electrons. The van der Waals surface area contributed by atoms with Gasteiger partial charge in [0, 0.05) is 25.2 Å². The Hall–Kier alpha value is -2.32. The summed E-state index contributed by atoms with van der Waals surface area (Å²) in [5.74, 6) is 0.441. The maximum atomic E-state index is 12.6. The molecule has 2 heterocycles. The standard InChI is InChI=1S/C16H19N3O4S/c1-17-24(21,22)11-9-14(19(2)10-11)16(20)18-13-7-8-23-15-6-4-3-5-12(13)15/h3-6,9-10,13,17H,7-8H2,1-2H3,(H,18,20)/t13-/m0/s1. The predicted molar refractivity (Wildman–Crippen MR) is 88.4 cm³/mol. The zero-order chi connectivity index (χ0) is 17.3. The summed E-state index contributed by atoms with van der Waals surface area (Å²) < 4.78 is 33.1. The van der Waals surface area contributed by atoms with Gasteiger partial charge in [-0.1, -0.05) is 18.2 Å². The van der Waals surface area contributed by atoms with E-state index in [0.29, 0.717) is 13.0 Å². The Labute approximate surface area is 140 Å². The van der Waals surface area contributed by atoms with Gasteiger partial charge >= 0.3 is 0 Å². The van der Waals surface area contributed by atoms with Crippen LogP contribution in [0, 0.1) is 0 Å². The second kappa shape index (κ2) is 6.29. The van der Waals surface area contributed by atoms with Crippen molar-refractivity contribution in [3.8, 4) is 5.75 Å². The van der Waals surface area contributed by atoms with Crippen molar-refractivity contribution >= 4 is 15.9 Å². The molecule has 0 radical (unpaired) electrons. The van der Waals surface area contributed by atoms with Crippen molar-refractivity contribution in [2.24, 2.45) is 7.05 Å². The average Bonchev–Trinajstić information content (AvgIpc) is 2.98. The van der Waals surface area contributed by atoms with E-state index < -0.39 is 10.0 Å². The highest BCUT2D eigenvalue weighted by molar-refractivity contribution is 7.89.